The quantitative estimate of drug-likeness (QED) is 0.609. The van der Waals surface area contributed by atoms with Crippen LogP contribution < -0.4 is 5.32 Å². The van der Waals surface area contributed by atoms with Crippen molar-refractivity contribution in [1.82, 2.24) is 15.0 Å². The van der Waals surface area contributed by atoms with Gasteiger partial charge in [0, 0.05) is 34.6 Å². The third kappa shape index (κ3) is 4.30. The lowest BCUT2D eigenvalue weighted by atomic mass is 10.1. The molecule has 0 spiro atoms. The number of benzene rings is 1. The van der Waals surface area contributed by atoms with E-state index in [1.54, 1.807) is 36.7 Å². The summed E-state index contributed by atoms with van der Waals surface area (Å²) in [5, 5.41) is 22.8. The van der Waals surface area contributed by atoms with Crippen LogP contribution in [-0.4, -0.2) is 37.5 Å². The number of nitrogens with zero attached hydrogens (tertiary/aromatic N) is 3. The Morgan fingerprint density at radius 3 is 2.44 bits per heavy atom. The Labute approximate surface area is 150 Å². The number of aliphatic hydroxyl groups excluding tert-OH is 2. The van der Waals surface area contributed by atoms with Gasteiger partial charge in [0.15, 0.2) is 12.1 Å². The minimum absolute atomic E-state index is 0.396. The average Bonchev–Trinajstić information content (AvgIpc) is 2.62. The molecule has 0 aliphatic heterocycles. The number of nitrogens with one attached hydrogen (secondary N) is 1. The zero-order valence-electron chi connectivity index (χ0n) is 13.5. The van der Waals surface area contributed by atoms with Crippen LogP contribution in [0, 0.1) is 0 Å². The minimum Gasteiger partial charge on any atom is -0.389 e. The van der Waals surface area contributed by atoms with Crippen LogP contribution in [0.15, 0.2) is 54.9 Å². The van der Waals surface area contributed by atoms with Gasteiger partial charge in [-0.2, -0.15) is 0 Å². The van der Waals surface area contributed by atoms with Crippen molar-refractivity contribution >= 4 is 17.4 Å². The fourth-order valence-corrected chi connectivity index (χ4v) is 2.31. The van der Waals surface area contributed by atoms with E-state index in [2.05, 4.69) is 20.3 Å². The molecule has 3 aromatic rings. The van der Waals surface area contributed by atoms with Crippen LogP contribution >= 0.6 is 11.6 Å². The maximum Gasteiger partial charge on any atom is 0.163 e. The summed E-state index contributed by atoms with van der Waals surface area (Å²) < 4.78 is 0. The van der Waals surface area contributed by atoms with E-state index in [4.69, 9.17) is 11.6 Å². The molecule has 0 saturated carbocycles. The zero-order valence-corrected chi connectivity index (χ0v) is 14.2. The van der Waals surface area contributed by atoms with Gasteiger partial charge in [-0.25, -0.2) is 9.97 Å². The van der Waals surface area contributed by atoms with E-state index in [9.17, 15) is 10.2 Å². The first kappa shape index (κ1) is 17.3. The summed E-state index contributed by atoms with van der Waals surface area (Å²) in [6.45, 7) is 1.49. The predicted octanol–water partition coefficient (Wildman–Crippen LogP) is 2.97. The molecule has 0 fully saturated rings. The van der Waals surface area contributed by atoms with Gasteiger partial charge in [0.2, 0.25) is 0 Å². The molecular formula is C18H17ClN4O2. The predicted molar refractivity (Wildman–Crippen MR) is 97.0 cm³/mol. The number of hydrogen-bond acceptors (Lipinski definition) is 6. The van der Waals surface area contributed by atoms with Gasteiger partial charge < -0.3 is 15.5 Å². The first-order valence-electron chi connectivity index (χ1n) is 7.71. The van der Waals surface area contributed by atoms with Gasteiger partial charge in [-0.15, -0.1) is 0 Å². The van der Waals surface area contributed by atoms with Crippen molar-refractivity contribution in [1.29, 1.82) is 0 Å². The number of rotatable bonds is 5. The summed E-state index contributed by atoms with van der Waals surface area (Å²) in [7, 11) is 0. The van der Waals surface area contributed by atoms with Crippen LogP contribution in [0.3, 0.4) is 0 Å². The number of aliphatic hydroxyl groups is 2. The SMILES string of the molecule is CC(O)C(O)Nc1cc(-c2ccc(Cl)cc2)nc(-c2cccnc2)n1. The molecule has 2 atom stereocenters. The molecule has 7 heteroatoms. The van der Waals surface area contributed by atoms with E-state index >= 15 is 0 Å². The van der Waals surface area contributed by atoms with Crippen molar-refractivity contribution in [3.05, 3.63) is 59.9 Å². The Bertz CT molecular complexity index is 841. The molecule has 0 amide bonds. The second-order valence-corrected chi connectivity index (χ2v) is 5.98. The van der Waals surface area contributed by atoms with Gasteiger partial charge in [-0.3, -0.25) is 4.98 Å². The molecule has 3 N–H and O–H groups in total. The molecule has 6 nitrogen and oxygen atoms in total. The number of hydrogen-bond donors (Lipinski definition) is 3. The molecule has 2 heterocycles. The molecule has 0 bridgehead atoms. The van der Waals surface area contributed by atoms with Crippen molar-refractivity contribution in [2.75, 3.05) is 5.32 Å². The Kier molecular flexibility index (Phi) is 5.23. The van der Waals surface area contributed by atoms with Crippen LogP contribution in [0.2, 0.25) is 5.02 Å². The molecular weight excluding hydrogens is 340 g/mol. The van der Waals surface area contributed by atoms with E-state index in [1.165, 1.54) is 6.92 Å². The van der Waals surface area contributed by atoms with Crippen LogP contribution in [0.1, 0.15) is 6.92 Å². The maximum atomic E-state index is 9.89. The summed E-state index contributed by atoms with van der Waals surface area (Å²) in [6, 6.07) is 12.6. The fraction of sp³-hybridized carbons (Fsp3) is 0.167. The highest BCUT2D eigenvalue weighted by atomic mass is 35.5. The van der Waals surface area contributed by atoms with Gasteiger partial charge in [0.25, 0.3) is 0 Å². The number of anilines is 1. The van der Waals surface area contributed by atoms with E-state index in [-0.39, 0.29) is 0 Å². The standard InChI is InChI=1S/C18H17ClN4O2/c1-11(24)18(25)23-16-9-15(12-4-6-14(19)7-5-12)21-17(22-16)13-3-2-8-20-10-13/h2-11,18,24-25H,1H3,(H,21,22,23). The summed E-state index contributed by atoms with van der Waals surface area (Å²) >= 11 is 5.95. The van der Waals surface area contributed by atoms with E-state index in [0.717, 1.165) is 11.1 Å². The van der Waals surface area contributed by atoms with Crippen molar-refractivity contribution < 1.29 is 10.2 Å². The molecule has 128 valence electrons. The molecule has 1 aromatic carbocycles. The van der Waals surface area contributed by atoms with Gasteiger partial charge in [-0.05, 0) is 31.2 Å². The molecule has 0 radical (unpaired) electrons. The van der Waals surface area contributed by atoms with Gasteiger partial charge in [0.1, 0.15) is 5.82 Å². The number of aromatic nitrogens is 3. The molecule has 2 unspecified atom stereocenters. The summed E-state index contributed by atoms with van der Waals surface area (Å²) in [4.78, 5) is 13.1. The molecule has 25 heavy (non-hydrogen) atoms. The summed E-state index contributed by atoms with van der Waals surface area (Å²) in [5.74, 6) is 0.855. The fourth-order valence-electron chi connectivity index (χ4n) is 2.19. The Hall–Kier alpha value is -2.54. The highest BCUT2D eigenvalue weighted by Gasteiger charge is 2.14. The lowest BCUT2D eigenvalue weighted by molar-refractivity contribution is 0.0494. The molecule has 0 aliphatic carbocycles. The normalized spacial score (nSPS) is 13.3. The molecule has 2 aromatic heterocycles. The second kappa shape index (κ2) is 7.57. The van der Waals surface area contributed by atoms with Crippen molar-refractivity contribution in [2.45, 2.75) is 19.3 Å². The van der Waals surface area contributed by atoms with Crippen molar-refractivity contribution in [3.8, 4) is 22.6 Å². The van der Waals surface area contributed by atoms with E-state index in [1.807, 2.05) is 18.2 Å². The molecule has 3 rings (SSSR count). The second-order valence-electron chi connectivity index (χ2n) is 5.54. The maximum absolute atomic E-state index is 9.89. The lowest BCUT2D eigenvalue weighted by Crippen LogP contribution is -2.31. The number of pyridine rings is 1. The Morgan fingerprint density at radius 2 is 1.80 bits per heavy atom. The third-order valence-electron chi connectivity index (χ3n) is 3.54. The van der Waals surface area contributed by atoms with Gasteiger partial charge in [0.05, 0.1) is 11.8 Å². The first-order chi connectivity index (χ1) is 12.0. The van der Waals surface area contributed by atoms with Crippen LogP contribution in [0.5, 0.6) is 0 Å². The summed E-state index contributed by atoms with van der Waals surface area (Å²) in [6.07, 6.45) is 1.24. The van der Waals surface area contributed by atoms with Crippen molar-refractivity contribution in [3.63, 3.8) is 0 Å². The van der Waals surface area contributed by atoms with Gasteiger partial charge >= 0.3 is 0 Å². The average molecular weight is 357 g/mol. The number of halogens is 1. The topological polar surface area (TPSA) is 91.2 Å². The minimum atomic E-state index is -1.14. The Morgan fingerprint density at radius 1 is 1.04 bits per heavy atom. The van der Waals surface area contributed by atoms with Crippen LogP contribution in [-0.2, 0) is 0 Å². The molecule has 0 aliphatic rings. The lowest BCUT2D eigenvalue weighted by Gasteiger charge is -2.17. The highest BCUT2D eigenvalue weighted by Crippen LogP contribution is 2.25. The van der Waals surface area contributed by atoms with E-state index < -0.39 is 12.3 Å². The summed E-state index contributed by atoms with van der Waals surface area (Å²) in [5.41, 5.74) is 2.25. The van der Waals surface area contributed by atoms with Crippen molar-refractivity contribution in [2.24, 2.45) is 0 Å². The van der Waals surface area contributed by atoms with E-state index in [0.29, 0.717) is 22.4 Å². The zero-order chi connectivity index (χ0) is 17.8. The van der Waals surface area contributed by atoms with Crippen LogP contribution in [0.25, 0.3) is 22.6 Å². The largest absolute Gasteiger partial charge is 0.389 e. The van der Waals surface area contributed by atoms with Gasteiger partial charge in [-0.1, -0.05) is 23.7 Å². The molecule has 0 saturated heterocycles. The third-order valence-corrected chi connectivity index (χ3v) is 3.79. The van der Waals surface area contributed by atoms with Crippen LogP contribution in [0.4, 0.5) is 5.82 Å². The monoisotopic (exact) mass is 356 g/mol. The highest BCUT2D eigenvalue weighted by molar-refractivity contribution is 6.30. The first-order valence-corrected chi connectivity index (χ1v) is 8.09. The Balaban J connectivity index is 2.06. The smallest absolute Gasteiger partial charge is 0.163 e.